The molecule has 0 aliphatic carbocycles. The lowest BCUT2D eigenvalue weighted by Crippen LogP contribution is -2.40. The molecule has 6 nitrogen and oxygen atoms in total. The molecule has 0 radical (unpaired) electrons. The number of carbonyl (C=O) groups excluding carboxylic acids is 1. The molecule has 1 rings (SSSR count). The summed E-state index contributed by atoms with van der Waals surface area (Å²) in [5.41, 5.74) is -0.148. The first-order valence-corrected chi connectivity index (χ1v) is 4.74. The van der Waals surface area contributed by atoms with E-state index in [1.54, 1.807) is 6.92 Å². The molecule has 0 spiro atoms. The van der Waals surface area contributed by atoms with E-state index in [0.29, 0.717) is 6.42 Å². The van der Waals surface area contributed by atoms with Crippen LogP contribution in [0.5, 0.6) is 0 Å². The molecule has 0 aromatic rings. The minimum Gasteiger partial charge on any atom is -0.477 e. The summed E-state index contributed by atoms with van der Waals surface area (Å²) in [6.45, 7) is 1.76. The van der Waals surface area contributed by atoms with Gasteiger partial charge in [0.25, 0.3) is 5.91 Å². The van der Waals surface area contributed by atoms with Crippen molar-refractivity contribution >= 4 is 17.6 Å². The highest BCUT2D eigenvalue weighted by atomic mass is 16.6. The second-order valence-electron chi connectivity index (χ2n) is 3.46. The summed E-state index contributed by atoms with van der Waals surface area (Å²) in [6.07, 6.45) is 4.60. The highest BCUT2D eigenvalue weighted by Gasteiger charge is 2.31. The van der Waals surface area contributed by atoms with E-state index >= 15 is 0 Å². The molecule has 1 heterocycles. The van der Waals surface area contributed by atoms with E-state index in [1.165, 1.54) is 0 Å². The molecule has 0 saturated carbocycles. The molecule has 1 aliphatic rings. The number of aliphatic carboxylic acids is 1. The van der Waals surface area contributed by atoms with Crippen LogP contribution in [0, 0.1) is 12.3 Å². The number of carboxylic acids is 1. The van der Waals surface area contributed by atoms with Gasteiger partial charge in [0.2, 0.25) is 6.10 Å². The van der Waals surface area contributed by atoms with Gasteiger partial charge in [-0.3, -0.25) is 4.79 Å². The summed E-state index contributed by atoms with van der Waals surface area (Å²) in [4.78, 5) is 26.8. The summed E-state index contributed by atoms with van der Waals surface area (Å²) < 4.78 is 0. The van der Waals surface area contributed by atoms with Crippen molar-refractivity contribution in [1.82, 2.24) is 5.32 Å². The Balaban J connectivity index is 2.42. The Hall–Kier alpha value is -2.03. The van der Waals surface area contributed by atoms with Gasteiger partial charge in [-0.1, -0.05) is 5.16 Å². The Kier molecular flexibility index (Phi) is 3.89. The molecule has 0 bridgehead atoms. The van der Waals surface area contributed by atoms with Crippen LogP contribution in [0.15, 0.2) is 5.16 Å². The number of carboxylic acid groups (broad SMARTS) is 1. The van der Waals surface area contributed by atoms with Crippen LogP contribution in [-0.4, -0.2) is 34.8 Å². The van der Waals surface area contributed by atoms with E-state index in [-0.39, 0.29) is 18.2 Å². The van der Waals surface area contributed by atoms with Crippen molar-refractivity contribution in [2.75, 3.05) is 0 Å². The number of rotatable bonds is 4. The molecule has 2 unspecified atom stereocenters. The number of nitrogens with one attached hydrogen (secondary N) is 1. The molecule has 86 valence electrons. The molecular formula is C10H12N2O4. The van der Waals surface area contributed by atoms with Gasteiger partial charge in [-0.25, -0.2) is 4.79 Å². The maximum Gasteiger partial charge on any atom is 0.353 e. The highest BCUT2D eigenvalue weighted by molar-refractivity contribution is 6.36. The van der Waals surface area contributed by atoms with E-state index < -0.39 is 18.0 Å². The van der Waals surface area contributed by atoms with Crippen molar-refractivity contribution in [2.45, 2.75) is 31.9 Å². The van der Waals surface area contributed by atoms with Gasteiger partial charge in [0.05, 0.1) is 0 Å². The predicted molar refractivity (Wildman–Crippen MR) is 55.6 cm³/mol. The van der Waals surface area contributed by atoms with Gasteiger partial charge in [-0.05, 0) is 6.92 Å². The quantitative estimate of drug-likeness (QED) is 0.644. The highest BCUT2D eigenvalue weighted by Crippen LogP contribution is 2.11. The lowest BCUT2D eigenvalue weighted by molar-refractivity contribution is -0.131. The van der Waals surface area contributed by atoms with Gasteiger partial charge in [0, 0.05) is 18.9 Å². The average Bonchev–Trinajstić information content (AvgIpc) is 2.66. The minimum absolute atomic E-state index is 0.0239. The van der Waals surface area contributed by atoms with Crippen molar-refractivity contribution in [2.24, 2.45) is 5.16 Å². The Morgan fingerprint density at radius 1 is 1.81 bits per heavy atom. The van der Waals surface area contributed by atoms with E-state index in [4.69, 9.17) is 16.4 Å². The standard InChI is InChI=1S/C10H12N2O4/c1-3-4-6(2)11-9(13)8-5-7(10(14)15)12-16-8/h1,6,8H,4-5H2,2H3,(H,11,13)(H,14,15). The van der Waals surface area contributed by atoms with Gasteiger partial charge in [-0.2, -0.15) is 0 Å². The van der Waals surface area contributed by atoms with Gasteiger partial charge >= 0.3 is 5.97 Å². The Morgan fingerprint density at radius 2 is 2.50 bits per heavy atom. The van der Waals surface area contributed by atoms with Gasteiger partial charge in [-0.15, -0.1) is 12.3 Å². The van der Waals surface area contributed by atoms with Crippen LogP contribution in [0.2, 0.25) is 0 Å². The average molecular weight is 224 g/mol. The maximum absolute atomic E-state index is 11.5. The summed E-state index contributed by atoms with van der Waals surface area (Å²) in [6, 6.07) is -0.171. The van der Waals surface area contributed by atoms with Crippen LogP contribution in [0.25, 0.3) is 0 Å². The second-order valence-corrected chi connectivity index (χ2v) is 3.46. The van der Waals surface area contributed by atoms with Crippen molar-refractivity contribution < 1.29 is 19.5 Å². The number of nitrogens with zero attached hydrogens (tertiary/aromatic N) is 1. The molecule has 0 saturated heterocycles. The zero-order chi connectivity index (χ0) is 12.1. The molecule has 1 aliphatic heterocycles. The molecule has 6 heteroatoms. The molecule has 2 N–H and O–H groups in total. The maximum atomic E-state index is 11.5. The molecular weight excluding hydrogens is 212 g/mol. The monoisotopic (exact) mass is 224 g/mol. The topological polar surface area (TPSA) is 88.0 Å². The molecule has 0 aromatic carbocycles. The van der Waals surface area contributed by atoms with E-state index in [9.17, 15) is 9.59 Å². The van der Waals surface area contributed by atoms with Gasteiger partial charge in [0.1, 0.15) is 0 Å². The third-order valence-electron chi connectivity index (χ3n) is 2.02. The molecule has 0 fully saturated rings. The fourth-order valence-corrected chi connectivity index (χ4v) is 1.21. The third-order valence-corrected chi connectivity index (χ3v) is 2.02. The first kappa shape index (κ1) is 12.0. The van der Waals surface area contributed by atoms with Crippen LogP contribution in [0.4, 0.5) is 0 Å². The zero-order valence-corrected chi connectivity index (χ0v) is 8.77. The number of oxime groups is 1. The second kappa shape index (κ2) is 5.16. The molecule has 0 aromatic heterocycles. The summed E-state index contributed by atoms with van der Waals surface area (Å²) in [7, 11) is 0. The Morgan fingerprint density at radius 3 is 3.00 bits per heavy atom. The zero-order valence-electron chi connectivity index (χ0n) is 8.77. The smallest absolute Gasteiger partial charge is 0.353 e. The number of amides is 1. The van der Waals surface area contributed by atoms with Crippen molar-refractivity contribution in [3.05, 3.63) is 0 Å². The normalized spacial score (nSPS) is 20.2. The van der Waals surface area contributed by atoms with E-state index in [2.05, 4.69) is 16.4 Å². The summed E-state index contributed by atoms with van der Waals surface area (Å²) in [5.74, 6) is 0.838. The SMILES string of the molecule is C#CCC(C)NC(=O)C1CC(C(=O)O)=NO1. The minimum atomic E-state index is -1.17. The lowest BCUT2D eigenvalue weighted by atomic mass is 10.1. The first-order valence-electron chi connectivity index (χ1n) is 4.74. The number of hydrogen-bond acceptors (Lipinski definition) is 4. The van der Waals surface area contributed by atoms with Crippen LogP contribution >= 0.6 is 0 Å². The van der Waals surface area contributed by atoms with Crippen LogP contribution in [-0.2, 0) is 14.4 Å². The van der Waals surface area contributed by atoms with Gasteiger partial charge in [0.15, 0.2) is 5.71 Å². The van der Waals surface area contributed by atoms with Crippen LogP contribution < -0.4 is 5.32 Å². The van der Waals surface area contributed by atoms with Crippen molar-refractivity contribution in [1.29, 1.82) is 0 Å². The van der Waals surface area contributed by atoms with E-state index in [1.807, 2.05) is 0 Å². The molecule has 2 atom stereocenters. The molecule has 16 heavy (non-hydrogen) atoms. The molecule has 1 amide bonds. The summed E-state index contributed by atoms with van der Waals surface area (Å²) >= 11 is 0. The van der Waals surface area contributed by atoms with Crippen LogP contribution in [0.3, 0.4) is 0 Å². The van der Waals surface area contributed by atoms with Crippen molar-refractivity contribution in [3.8, 4) is 12.3 Å². The third kappa shape index (κ3) is 2.98. The predicted octanol–water partition coefficient (Wildman–Crippen LogP) is -0.256. The van der Waals surface area contributed by atoms with Crippen LogP contribution in [0.1, 0.15) is 19.8 Å². The largest absolute Gasteiger partial charge is 0.477 e. The Labute approximate surface area is 92.6 Å². The Bertz CT molecular complexity index is 370. The number of hydrogen-bond donors (Lipinski definition) is 2. The van der Waals surface area contributed by atoms with E-state index in [0.717, 1.165) is 0 Å². The number of terminal acetylenes is 1. The van der Waals surface area contributed by atoms with Crippen molar-refractivity contribution in [3.63, 3.8) is 0 Å². The summed E-state index contributed by atoms with van der Waals surface area (Å²) in [5, 5.41) is 14.5. The number of carbonyl (C=O) groups is 2. The fourth-order valence-electron chi connectivity index (χ4n) is 1.21. The van der Waals surface area contributed by atoms with Gasteiger partial charge < -0.3 is 15.3 Å². The lowest BCUT2D eigenvalue weighted by Gasteiger charge is -2.13. The fraction of sp³-hybridized carbons (Fsp3) is 0.500. The first-order chi connectivity index (χ1) is 7.54.